The van der Waals surface area contributed by atoms with Gasteiger partial charge in [0.05, 0.1) is 5.92 Å². The van der Waals surface area contributed by atoms with Gasteiger partial charge in [-0.25, -0.2) is 4.39 Å². The van der Waals surface area contributed by atoms with Gasteiger partial charge < -0.3 is 5.11 Å². The molecule has 0 aromatic heterocycles. The van der Waals surface area contributed by atoms with Gasteiger partial charge in [-0.05, 0) is 42.5 Å². The minimum absolute atomic E-state index is 0.336. The molecule has 1 aromatic rings. The highest BCUT2D eigenvalue weighted by molar-refractivity contribution is 7.98. The van der Waals surface area contributed by atoms with E-state index in [-0.39, 0.29) is 5.82 Å². The molecule has 0 saturated carbocycles. The molecule has 0 aliphatic carbocycles. The molecule has 0 heterocycles. The van der Waals surface area contributed by atoms with Crippen LogP contribution in [-0.2, 0) is 4.79 Å². The summed E-state index contributed by atoms with van der Waals surface area (Å²) in [5.41, 5.74) is 0.676. The number of carboxylic acid groups (broad SMARTS) is 1. The van der Waals surface area contributed by atoms with Crippen molar-refractivity contribution in [2.24, 2.45) is 0 Å². The molecule has 1 unspecified atom stereocenters. The number of halogens is 1. The molecule has 0 aliphatic rings. The molecule has 0 bridgehead atoms. The van der Waals surface area contributed by atoms with Crippen LogP contribution in [0.15, 0.2) is 24.3 Å². The number of aliphatic carboxylic acids is 1. The highest BCUT2D eigenvalue weighted by Gasteiger charge is 2.18. The predicted octanol–water partition coefficient (Wildman–Crippen LogP) is 3.14. The zero-order valence-electron chi connectivity index (χ0n) is 9.15. The fraction of sp³-hybridized carbons (Fsp3) is 0.417. The Kier molecular flexibility index (Phi) is 5.32. The lowest BCUT2D eigenvalue weighted by atomic mass is 9.95. The molecular weight excluding hydrogens is 227 g/mol. The van der Waals surface area contributed by atoms with Crippen molar-refractivity contribution in [1.29, 1.82) is 0 Å². The number of hydrogen-bond donors (Lipinski definition) is 1. The van der Waals surface area contributed by atoms with Gasteiger partial charge >= 0.3 is 5.97 Å². The zero-order valence-corrected chi connectivity index (χ0v) is 9.97. The Morgan fingerprint density at radius 2 is 2.06 bits per heavy atom. The predicted molar refractivity (Wildman–Crippen MR) is 64.4 cm³/mol. The van der Waals surface area contributed by atoms with Gasteiger partial charge in [-0.15, -0.1) is 0 Å². The van der Waals surface area contributed by atoms with Crippen LogP contribution in [0, 0.1) is 5.82 Å². The molecule has 0 aliphatic heterocycles. The van der Waals surface area contributed by atoms with Crippen molar-refractivity contribution in [3.8, 4) is 0 Å². The number of carboxylic acids is 1. The van der Waals surface area contributed by atoms with Crippen molar-refractivity contribution < 1.29 is 14.3 Å². The van der Waals surface area contributed by atoms with E-state index in [0.29, 0.717) is 12.0 Å². The molecule has 0 radical (unpaired) electrons. The number of thioether (sulfide) groups is 1. The van der Waals surface area contributed by atoms with Crippen molar-refractivity contribution in [1.82, 2.24) is 0 Å². The lowest BCUT2D eigenvalue weighted by Crippen LogP contribution is -2.12. The Bertz CT molecular complexity index is 337. The molecule has 1 N–H and O–H groups in total. The van der Waals surface area contributed by atoms with Gasteiger partial charge in [0, 0.05) is 0 Å². The Balaban J connectivity index is 2.69. The smallest absolute Gasteiger partial charge is 0.310 e. The molecule has 88 valence electrons. The van der Waals surface area contributed by atoms with Crippen LogP contribution in [0.2, 0.25) is 0 Å². The Morgan fingerprint density at radius 1 is 1.44 bits per heavy atom. The second-order valence-electron chi connectivity index (χ2n) is 3.58. The molecule has 16 heavy (non-hydrogen) atoms. The first-order valence-corrected chi connectivity index (χ1v) is 6.51. The SMILES string of the molecule is CSCCCC(C(=O)O)c1ccc(F)cc1. The van der Waals surface area contributed by atoms with E-state index in [9.17, 15) is 9.18 Å². The van der Waals surface area contributed by atoms with E-state index in [0.717, 1.165) is 12.2 Å². The summed E-state index contributed by atoms with van der Waals surface area (Å²) in [5, 5.41) is 9.09. The lowest BCUT2D eigenvalue weighted by molar-refractivity contribution is -0.139. The molecule has 0 amide bonds. The average Bonchev–Trinajstić information content (AvgIpc) is 2.26. The highest BCUT2D eigenvalue weighted by Crippen LogP contribution is 2.22. The Labute approximate surface area is 98.9 Å². The minimum Gasteiger partial charge on any atom is -0.481 e. The van der Waals surface area contributed by atoms with E-state index in [1.54, 1.807) is 23.9 Å². The van der Waals surface area contributed by atoms with Gasteiger partial charge in [0.1, 0.15) is 5.82 Å². The molecule has 0 saturated heterocycles. The summed E-state index contributed by atoms with van der Waals surface area (Å²) in [7, 11) is 0. The van der Waals surface area contributed by atoms with E-state index >= 15 is 0 Å². The highest BCUT2D eigenvalue weighted by atomic mass is 32.2. The van der Waals surface area contributed by atoms with Crippen LogP contribution >= 0.6 is 11.8 Å². The number of rotatable bonds is 6. The molecule has 1 aromatic carbocycles. The normalized spacial score (nSPS) is 12.4. The van der Waals surface area contributed by atoms with Crippen LogP contribution in [0.5, 0.6) is 0 Å². The molecular formula is C12H15FO2S. The average molecular weight is 242 g/mol. The molecule has 2 nitrogen and oxygen atoms in total. The maximum atomic E-state index is 12.7. The van der Waals surface area contributed by atoms with Gasteiger partial charge in [0.25, 0.3) is 0 Å². The summed E-state index contributed by atoms with van der Waals surface area (Å²) in [4.78, 5) is 11.1. The standard InChI is InChI=1S/C12H15FO2S/c1-16-8-2-3-11(12(14)15)9-4-6-10(13)7-5-9/h4-7,11H,2-3,8H2,1H3,(H,14,15). The van der Waals surface area contributed by atoms with Gasteiger partial charge in [0.15, 0.2) is 0 Å². The van der Waals surface area contributed by atoms with Gasteiger partial charge in [-0.3, -0.25) is 4.79 Å². The molecule has 4 heteroatoms. The van der Waals surface area contributed by atoms with Crippen molar-refractivity contribution in [2.75, 3.05) is 12.0 Å². The third-order valence-electron chi connectivity index (χ3n) is 2.41. The largest absolute Gasteiger partial charge is 0.481 e. The quantitative estimate of drug-likeness (QED) is 0.779. The Morgan fingerprint density at radius 3 is 2.56 bits per heavy atom. The summed E-state index contributed by atoms with van der Waals surface area (Å²) in [6.07, 6.45) is 3.45. The third kappa shape index (κ3) is 3.85. The van der Waals surface area contributed by atoms with Crippen LogP contribution in [0.1, 0.15) is 24.3 Å². The van der Waals surface area contributed by atoms with E-state index < -0.39 is 11.9 Å². The summed E-state index contributed by atoms with van der Waals surface area (Å²) < 4.78 is 12.7. The van der Waals surface area contributed by atoms with Crippen molar-refractivity contribution in [2.45, 2.75) is 18.8 Å². The summed E-state index contributed by atoms with van der Waals surface area (Å²) in [6.45, 7) is 0. The number of benzene rings is 1. The number of hydrogen-bond acceptors (Lipinski definition) is 2. The van der Waals surface area contributed by atoms with E-state index in [1.165, 1.54) is 12.1 Å². The van der Waals surface area contributed by atoms with Crippen LogP contribution in [0.3, 0.4) is 0 Å². The van der Waals surface area contributed by atoms with Crippen LogP contribution in [0.4, 0.5) is 4.39 Å². The second kappa shape index (κ2) is 6.53. The molecule has 1 atom stereocenters. The van der Waals surface area contributed by atoms with Crippen LogP contribution in [-0.4, -0.2) is 23.1 Å². The third-order valence-corrected chi connectivity index (χ3v) is 3.11. The fourth-order valence-electron chi connectivity index (χ4n) is 1.56. The van der Waals surface area contributed by atoms with Gasteiger partial charge in [-0.1, -0.05) is 12.1 Å². The zero-order chi connectivity index (χ0) is 12.0. The Hall–Kier alpha value is -1.03. The summed E-state index contributed by atoms with van der Waals surface area (Å²) >= 11 is 1.70. The second-order valence-corrected chi connectivity index (χ2v) is 4.56. The topological polar surface area (TPSA) is 37.3 Å². The monoisotopic (exact) mass is 242 g/mol. The first-order valence-electron chi connectivity index (χ1n) is 5.12. The van der Waals surface area contributed by atoms with E-state index in [1.807, 2.05) is 6.26 Å². The molecule has 0 spiro atoms. The fourth-order valence-corrected chi connectivity index (χ4v) is 2.01. The lowest BCUT2D eigenvalue weighted by Gasteiger charge is -2.12. The first kappa shape index (κ1) is 13.0. The summed E-state index contributed by atoms with van der Waals surface area (Å²) in [6, 6.07) is 5.71. The van der Waals surface area contributed by atoms with Crippen LogP contribution in [0.25, 0.3) is 0 Å². The van der Waals surface area contributed by atoms with Gasteiger partial charge in [-0.2, -0.15) is 11.8 Å². The maximum Gasteiger partial charge on any atom is 0.310 e. The first-order chi connectivity index (χ1) is 7.65. The van der Waals surface area contributed by atoms with Crippen LogP contribution < -0.4 is 0 Å². The van der Waals surface area contributed by atoms with Crippen molar-refractivity contribution in [3.63, 3.8) is 0 Å². The minimum atomic E-state index is -0.840. The molecule has 0 fully saturated rings. The number of carbonyl (C=O) groups is 1. The van der Waals surface area contributed by atoms with Crippen molar-refractivity contribution >= 4 is 17.7 Å². The van der Waals surface area contributed by atoms with Crippen molar-refractivity contribution in [3.05, 3.63) is 35.6 Å². The summed E-state index contributed by atoms with van der Waals surface area (Å²) in [5.74, 6) is -0.747. The molecule has 1 rings (SSSR count). The maximum absolute atomic E-state index is 12.7. The van der Waals surface area contributed by atoms with E-state index in [4.69, 9.17) is 5.11 Å². The van der Waals surface area contributed by atoms with Gasteiger partial charge in [0.2, 0.25) is 0 Å². The van der Waals surface area contributed by atoms with E-state index in [2.05, 4.69) is 0 Å².